The van der Waals surface area contributed by atoms with E-state index in [4.69, 9.17) is 17.0 Å². The number of hydrogen-bond donors (Lipinski definition) is 0. The number of esters is 1. The molecule has 0 fully saturated rings. The molecule has 0 aromatic carbocycles. The zero-order valence-electron chi connectivity index (χ0n) is 7.16. The number of thioether (sulfide) groups is 2. The van der Waals surface area contributed by atoms with Crippen molar-refractivity contribution in [3.63, 3.8) is 0 Å². The Labute approximate surface area is 86.8 Å². The number of ether oxygens (including phenoxy) is 1. The Bertz CT molecular complexity index is 141. The molecule has 0 radical (unpaired) electrons. The van der Waals surface area contributed by atoms with Gasteiger partial charge in [-0.25, -0.2) is 0 Å². The highest BCUT2D eigenvalue weighted by Gasteiger charge is 2.04. The van der Waals surface area contributed by atoms with Crippen molar-refractivity contribution >= 4 is 45.2 Å². The number of thiocarbonyl (C=S) groups is 1. The van der Waals surface area contributed by atoms with Gasteiger partial charge in [0.1, 0.15) is 3.53 Å². The molecule has 0 rings (SSSR count). The van der Waals surface area contributed by atoms with Crippen LogP contribution in [0.5, 0.6) is 0 Å². The number of carbonyl (C=O) groups excluding carboxylic acids is 1. The van der Waals surface area contributed by atoms with Gasteiger partial charge in [0.15, 0.2) is 0 Å². The molecule has 5 heteroatoms. The molecule has 0 aromatic rings. The predicted molar refractivity (Wildman–Crippen MR) is 59.8 cm³/mol. The summed E-state index contributed by atoms with van der Waals surface area (Å²) in [7, 11) is 0. The smallest absolute Gasteiger partial charge is 0.316 e. The molecule has 0 saturated carbocycles. The zero-order chi connectivity index (χ0) is 9.40. The van der Waals surface area contributed by atoms with Crippen molar-refractivity contribution in [2.24, 2.45) is 0 Å². The number of carbonyl (C=O) groups is 1. The fourth-order valence-electron chi connectivity index (χ4n) is 0.480. The van der Waals surface area contributed by atoms with Gasteiger partial charge in [-0.05, 0) is 12.7 Å². The number of rotatable bonds is 4. The summed E-state index contributed by atoms with van der Waals surface area (Å²) in [5.74, 6) is 1.09. The van der Waals surface area contributed by atoms with Crippen molar-refractivity contribution in [2.75, 3.05) is 18.1 Å². The summed E-state index contributed by atoms with van der Waals surface area (Å²) in [6.45, 7) is 4.26. The lowest BCUT2D eigenvalue weighted by Crippen LogP contribution is -2.07. The molecule has 0 heterocycles. The van der Waals surface area contributed by atoms with Crippen LogP contribution in [0.3, 0.4) is 0 Å². The van der Waals surface area contributed by atoms with Crippen molar-refractivity contribution < 1.29 is 9.53 Å². The molecule has 0 amide bonds. The van der Waals surface area contributed by atoms with Crippen molar-refractivity contribution in [1.82, 2.24) is 0 Å². The Morgan fingerprint density at radius 1 is 1.42 bits per heavy atom. The fourth-order valence-corrected chi connectivity index (χ4v) is 2.43. The van der Waals surface area contributed by atoms with Crippen LogP contribution < -0.4 is 0 Å². The van der Waals surface area contributed by atoms with Gasteiger partial charge in [0, 0.05) is 0 Å². The molecule has 70 valence electrons. The quantitative estimate of drug-likeness (QED) is 0.539. The van der Waals surface area contributed by atoms with Crippen LogP contribution in [0.15, 0.2) is 0 Å². The highest BCUT2D eigenvalue weighted by molar-refractivity contribution is 8.47. The standard InChI is InChI=1S/C7H12O2S3/c1-3-9-6(8)5-12-7(10)11-4-2/h3-5H2,1-2H3. The second-order valence-corrected chi connectivity index (χ2v) is 5.22. The van der Waals surface area contributed by atoms with E-state index in [1.54, 1.807) is 18.7 Å². The van der Waals surface area contributed by atoms with E-state index in [1.165, 1.54) is 11.8 Å². The summed E-state index contributed by atoms with van der Waals surface area (Å²) in [4.78, 5) is 10.8. The van der Waals surface area contributed by atoms with Gasteiger partial charge in [0.2, 0.25) is 0 Å². The van der Waals surface area contributed by atoms with Crippen LogP contribution in [-0.2, 0) is 9.53 Å². The van der Waals surface area contributed by atoms with E-state index in [-0.39, 0.29) is 5.97 Å². The van der Waals surface area contributed by atoms with Gasteiger partial charge in [-0.3, -0.25) is 4.79 Å². The largest absolute Gasteiger partial charge is 0.465 e. The van der Waals surface area contributed by atoms with Crippen LogP contribution >= 0.6 is 35.7 Å². The first-order valence-corrected chi connectivity index (χ1v) is 6.03. The molecule has 0 spiro atoms. The Balaban J connectivity index is 3.40. The van der Waals surface area contributed by atoms with Crippen LogP contribution in [0.25, 0.3) is 0 Å². The van der Waals surface area contributed by atoms with E-state index in [0.29, 0.717) is 12.4 Å². The molecule has 0 aliphatic carbocycles. The predicted octanol–water partition coefficient (Wildman–Crippen LogP) is 2.32. The van der Waals surface area contributed by atoms with Gasteiger partial charge in [-0.1, -0.05) is 30.9 Å². The molecule has 0 N–H and O–H groups in total. The first-order valence-electron chi connectivity index (χ1n) is 3.65. The SMILES string of the molecule is CCOC(=O)CSC(=S)SCC. The molecule has 0 aromatic heterocycles. The average molecular weight is 224 g/mol. The Morgan fingerprint density at radius 3 is 2.58 bits per heavy atom. The first kappa shape index (κ1) is 12.3. The minimum atomic E-state index is -0.193. The van der Waals surface area contributed by atoms with Crippen molar-refractivity contribution in [1.29, 1.82) is 0 Å². The minimum absolute atomic E-state index is 0.193. The van der Waals surface area contributed by atoms with Crippen LogP contribution in [0.2, 0.25) is 0 Å². The van der Waals surface area contributed by atoms with E-state index in [9.17, 15) is 4.79 Å². The molecule has 0 saturated heterocycles. The Morgan fingerprint density at radius 2 is 2.08 bits per heavy atom. The molecular formula is C7H12O2S3. The van der Waals surface area contributed by atoms with Crippen LogP contribution in [0.4, 0.5) is 0 Å². The molecule has 0 atom stereocenters. The molecule has 12 heavy (non-hydrogen) atoms. The zero-order valence-corrected chi connectivity index (χ0v) is 9.61. The third kappa shape index (κ3) is 6.94. The van der Waals surface area contributed by atoms with Gasteiger partial charge >= 0.3 is 5.97 Å². The van der Waals surface area contributed by atoms with Crippen molar-refractivity contribution in [3.05, 3.63) is 0 Å². The summed E-state index contributed by atoms with van der Waals surface area (Å²) < 4.78 is 5.55. The highest BCUT2D eigenvalue weighted by Crippen LogP contribution is 2.16. The normalized spacial score (nSPS) is 9.50. The maximum atomic E-state index is 10.8. The second-order valence-electron chi connectivity index (χ2n) is 1.78. The lowest BCUT2D eigenvalue weighted by Gasteiger charge is -2.01. The average Bonchev–Trinajstić information content (AvgIpc) is 2.02. The van der Waals surface area contributed by atoms with Crippen molar-refractivity contribution in [2.45, 2.75) is 13.8 Å². The van der Waals surface area contributed by atoms with E-state index in [1.807, 2.05) is 6.92 Å². The van der Waals surface area contributed by atoms with Crippen LogP contribution in [0.1, 0.15) is 13.8 Å². The summed E-state index contributed by atoms with van der Waals surface area (Å²) >= 11 is 7.92. The molecule has 2 nitrogen and oxygen atoms in total. The lowest BCUT2D eigenvalue weighted by atomic mass is 10.8. The van der Waals surface area contributed by atoms with Gasteiger partial charge < -0.3 is 4.74 Å². The monoisotopic (exact) mass is 224 g/mol. The fraction of sp³-hybridized carbons (Fsp3) is 0.714. The van der Waals surface area contributed by atoms with E-state index in [2.05, 4.69) is 0 Å². The van der Waals surface area contributed by atoms with Gasteiger partial charge in [0.05, 0.1) is 12.4 Å². The minimum Gasteiger partial charge on any atom is -0.465 e. The topological polar surface area (TPSA) is 26.3 Å². The van der Waals surface area contributed by atoms with E-state index < -0.39 is 0 Å². The molecule has 0 aliphatic rings. The molecule has 0 aliphatic heterocycles. The number of hydrogen-bond acceptors (Lipinski definition) is 5. The summed E-state index contributed by atoms with van der Waals surface area (Å²) in [5.41, 5.74) is 0. The third-order valence-corrected chi connectivity index (χ3v) is 3.43. The van der Waals surface area contributed by atoms with E-state index in [0.717, 1.165) is 9.28 Å². The first-order chi connectivity index (χ1) is 5.70. The third-order valence-electron chi connectivity index (χ3n) is 0.875. The maximum Gasteiger partial charge on any atom is 0.316 e. The molecule has 0 unspecified atom stereocenters. The summed E-state index contributed by atoms with van der Waals surface area (Å²) in [6, 6.07) is 0. The Hall–Kier alpha value is 0.260. The van der Waals surface area contributed by atoms with Gasteiger partial charge in [-0.15, -0.1) is 11.8 Å². The summed E-state index contributed by atoms with van der Waals surface area (Å²) in [6.07, 6.45) is 0. The van der Waals surface area contributed by atoms with E-state index >= 15 is 0 Å². The lowest BCUT2D eigenvalue weighted by molar-refractivity contribution is -0.139. The van der Waals surface area contributed by atoms with Gasteiger partial charge in [0.25, 0.3) is 0 Å². The Kier molecular flexibility index (Phi) is 8.06. The van der Waals surface area contributed by atoms with Crippen LogP contribution in [0, 0.1) is 0 Å². The molecular weight excluding hydrogens is 212 g/mol. The second kappa shape index (κ2) is 7.89. The molecule has 0 bridgehead atoms. The summed E-state index contributed by atoms with van der Waals surface area (Å²) in [5, 5.41) is 0. The van der Waals surface area contributed by atoms with Crippen LogP contribution in [-0.4, -0.2) is 27.6 Å². The maximum absolute atomic E-state index is 10.8. The van der Waals surface area contributed by atoms with Crippen molar-refractivity contribution in [3.8, 4) is 0 Å². The van der Waals surface area contributed by atoms with Gasteiger partial charge in [-0.2, -0.15) is 0 Å². The highest BCUT2D eigenvalue weighted by atomic mass is 32.2.